The lowest BCUT2D eigenvalue weighted by Crippen LogP contribution is -2.48. The second kappa shape index (κ2) is 4.84. The largest absolute Gasteiger partial charge is 0.469 e. The molecule has 1 saturated heterocycles. The average molecular weight is 207 g/mol. The lowest BCUT2D eigenvalue weighted by Gasteiger charge is -2.37. The Bertz CT molecular complexity index is 273. The van der Waals surface area contributed by atoms with Crippen LogP contribution in [0.2, 0.25) is 0 Å². The van der Waals surface area contributed by atoms with Crippen molar-refractivity contribution in [3.63, 3.8) is 0 Å². The normalized spacial score (nSPS) is 26.7. The zero-order chi connectivity index (χ0) is 10.6. The average Bonchev–Trinajstić information content (AvgIpc) is 2.81. The Labute approximate surface area is 92.1 Å². The second-order valence-electron chi connectivity index (χ2n) is 4.60. The van der Waals surface area contributed by atoms with E-state index in [4.69, 9.17) is 4.42 Å². The third-order valence-electron chi connectivity index (χ3n) is 3.69. The lowest BCUT2D eigenvalue weighted by molar-refractivity contribution is 0.225. The first-order chi connectivity index (χ1) is 7.35. The van der Waals surface area contributed by atoms with Crippen LogP contribution in [0.4, 0.5) is 0 Å². The molecule has 1 aromatic heterocycles. The zero-order valence-electron chi connectivity index (χ0n) is 9.59. The van der Waals surface area contributed by atoms with Gasteiger partial charge in [0.1, 0.15) is 5.76 Å². The summed E-state index contributed by atoms with van der Waals surface area (Å²) in [5.74, 6) is 1.12. The van der Waals surface area contributed by atoms with Crippen molar-refractivity contribution >= 4 is 0 Å². The van der Waals surface area contributed by atoms with Crippen LogP contribution in [0.1, 0.15) is 44.8 Å². The van der Waals surface area contributed by atoms with Crippen molar-refractivity contribution in [1.29, 1.82) is 0 Å². The minimum absolute atomic E-state index is 0.380. The van der Waals surface area contributed by atoms with E-state index in [2.05, 4.69) is 18.3 Å². The molecule has 2 nitrogen and oxygen atoms in total. The van der Waals surface area contributed by atoms with Crippen LogP contribution in [-0.2, 0) is 6.42 Å². The maximum Gasteiger partial charge on any atom is 0.103 e. The molecule has 0 amide bonds. The molecule has 1 atom stereocenters. The summed E-state index contributed by atoms with van der Waals surface area (Å²) in [4.78, 5) is 0. The van der Waals surface area contributed by atoms with Crippen molar-refractivity contribution in [2.45, 2.75) is 51.0 Å². The minimum atomic E-state index is 0.380. The van der Waals surface area contributed by atoms with E-state index in [1.807, 2.05) is 6.07 Å². The monoisotopic (exact) mass is 207 g/mol. The van der Waals surface area contributed by atoms with E-state index in [0.717, 1.165) is 12.2 Å². The fourth-order valence-corrected chi connectivity index (χ4v) is 2.54. The summed E-state index contributed by atoms with van der Waals surface area (Å²) in [6.07, 6.45) is 9.30. The first-order valence-corrected chi connectivity index (χ1v) is 6.12. The van der Waals surface area contributed by atoms with Gasteiger partial charge in [0.15, 0.2) is 0 Å². The standard InChI is InChI=1S/C13H21NO/c1-2-13(8-3-4-10-14-13)9-7-12-6-5-11-15-12/h5-6,11,14H,2-4,7-10H2,1H3. The van der Waals surface area contributed by atoms with Gasteiger partial charge in [-0.1, -0.05) is 13.3 Å². The van der Waals surface area contributed by atoms with Crippen LogP contribution in [-0.4, -0.2) is 12.1 Å². The minimum Gasteiger partial charge on any atom is -0.469 e. The van der Waals surface area contributed by atoms with Gasteiger partial charge in [-0.15, -0.1) is 0 Å². The van der Waals surface area contributed by atoms with Gasteiger partial charge < -0.3 is 9.73 Å². The summed E-state index contributed by atoms with van der Waals surface area (Å²) in [6, 6.07) is 4.05. The number of rotatable bonds is 4. The molecule has 1 N–H and O–H groups in total. The molecule has 1 aliphatic rings. The highest BCUT2D eigenvalue weighted by atomic mass is 16.3. The van der Waals surface area contributed by atoms with Crippen molar-refractivity contribution in [2.75, 3.05) is 6.54 Å². The Hall–Kier alpha value is -0.760. The van der Waals surface area contributed by atoms with E-state index in [9.17, 15) is 0 Å². The molecule has 0 aliphatic carbocycles. The van der Waals surface area contributed by atoms with Crippen molar-refractivity contribution in [2.24, 2.45) is 0 Å². The van der Waals surface area contributed by atoms with Gasteiger partial charge in [0, 0.05) is 12.0 Å². The highest BCUT2D eigenvalue weighted by Crippen LogP contribution is 2.27. The Balaban J connectivity index is 1.89. The van der Waals surface area contributed by atoms with E-state index in [1.54, 1.807) is 6.26 Å². The molecule has 0 aromatic carbocycles. The molecular weight excluding hydrogens is 186 g/mol. The Morgan fingerprint density at radius 1 is 1.47 bits per heavy atom. The van der Waals surface area contributed by atoms with Gasteiger partial charge in [-0.2, -0.15) is 0 Å². The summed E-state index contributed by atoms with van der Waals surface area (Å²) < 4.78 is 5.39. The van der Waals surface area contributed by atoms with E-state index in [1.165, 1.54) is 38.6 Å². The first-order valence-electron chi connectivity index (χ1n) is 6.12. The van der Waals surface area contributed by atoms with Gasteiger partial charge in [-0.25, -0.2) is 0 Å². The highest BCUT2D eigenvalue weighted by Gasteiger charge is 2.29. The molecule has 0 spiro atoms. The number of piperidine rings is 1. The molecule has 0 radical (unpaired) electrons. The molecule has 1 aromatic rings. The van der Waals surface area contributed by atoms with Gasteiger partial charge in [0.05, 0.1) is 6.26 Å². The SMILES string of the molecule is CCC1(CCc2ccco2)CCCCN1. The molecular formula is C13H21NO. The van der Waals surface area contributed by atoms with Crippen LogP contribution in [0.5, 0.6) is 0 Å². The van der Waals surface area contributed by atoms with Gasteiger partial charge in [-0.3, -0.25) is 0 Å². The molecule has 1 unspecified atom stereocenters. The highest BCUT2D eigenvalue weighted by molar-refractivity contribution is 5.01. The Morgan fingerprint density at radius 2 is 2.40 bits per heavy atom. The van der Waals surface area contributed by atoms with E-state index < -0.39 is 0 Å². The maximum atomic E-state index is 5.39. The fraction of sp³-hybridized carbons (Fsp3) is 0.692. The summed E-state index contributed by atoms with van der Waals surface area (Å²) in [7, 11) is 0. The summed E-state index contributed by atoms with van der Waals surface area (Å²) >= 11 is 0. The van der Waals surface area contributed by atoms with Gasteiger partial charge in [0.2, 0.25) is 0 Å². The van der Waals surface area contributed by atoms with Crippen LogP contribution < -0.4 is 5.32 Å². The molecule has 0 saturated carbocycles. The third kappa shape index (κ3) is 2.63. The number of hydrogen-bond donors (Lipinski definition) is 1. The van der Waals surface area contributed by atoms with Gasteiger partial charge >= 0.3 is 0 Å². The van der Waals surface area contributed by atoms with Gasteiger partial charge in [0.25, 0.3) is 0 Å². The van der Waals surface area contributed by atoms with E-state index >= 15 is 0 Å². The van der Waals surface area contributed by atoms with Crippen molar-refractivity contribution in [3.05, 3.63) is 24.2 Å². The molecule has 1 fully saturated rings. The number of nitrogens with one attached hydrogen (secondary N) is 1. The lowest BCUT2D eigenvalue weighted by atomic mass is 9.82. The molecule has 1 aliphatic heterocycles. The van der Waals surface area contributed by atoms with E-state index in [-0.39, 0.29) is 0 Å². The smallest absolute Gasteiger partial charge is 0.103 e. The van der Waals surface area contributed by atoms with Crippen LogP contribution >= 0.6 is 0 Å². The number of aryl methyl sites for hydroxylation is 1. The van der Waals surface area contributed by atoms with Gasteiger partial charge in [-0.05, 0) is 44.4 Å². The summed E-state index contributed by atoms with van der Waals surface area (Å²) in [6.45, 7) is 3.48. The molecule has 2 heterocycles. The molecule has 2 rings (SSSR count). The number of furan rings is 1. The van der Waals surface area contributed by atoms with Crippen LogP contribution in [0.15, 0.2) is 22.8 Å². The Kier molecular flexibility index (Phi) is 3.47. The quantitative estimate of drug-likeness (QED) is 0.820. The van der Waals surface area contributed by atoms with Crippen molar-refractivity contribution in [1.82, 2.24) is 5.32 Å². The summed E-state index contributed by atoms with van der Waals surface area (Å²) in [5.41, 5.74) is 0.380. The van der Waals surface area contributed by atoms with Crippen LogP contribution in [0, 0.1) is 0 Å². The summed E-state index contributed by atoms with van der Waals surface area (Å²) in [5, 5.41) is 3.70. The fourth-order valence-electron chi connectivity index (χ4n) is 2.54. The van der Waals surface area contributed by atoms with Crippen LogP contribution in [0.3, 0.4) is 0 Å². The molecule has 84 valence electrons. The maximum absolute atomic E-state index is 5.39. The second-order valence-corrected chi connectivity index (χ2v) is 4.60. The topological polar surface area (TPSA) is 25.2 Å². The first kappa shape index (κ1) is 10.7. The molecule has 2 heteroatoms. The van der Waals surface area contributed by atoms with Crippen molar-refractivity contribution < 1.29 is 4.42 Å². The Morgan fingerprint density at radius 3 is 3.00 bits per heavy atom. The molecule has 15 heavy (non-hydrogen) atoms. The molecule has 0 bridgehead atoms. The van der Waals surface area contributed by atoms with Crippen molar-refractivity contribution in [3.8, 4) is 0 Å². The zero-order valence-corrected chi connectivity index (χ0v) is 9.59. The van der Waals surface area contributed by atoms with E-state index in [0.29, 0.717) is 5.54 Å². The predicted octanol–water partition coefficient (Wildman–Crippen LogP) is 3.13. The van der Waals surface area contributed by atoms with Crippen LogP contribution in [0.25, 0.3) is 0 Å². The predicted molar refractivity (Wildman–Crippen MR) is 61.9 cm³/mol. The third-order valence-corrected chi connectivity index (χ3v) is 3.69. The number of hydrogen-bond acceptors (Lipinski definition) is 2.